The van der Waals surface area contributed by atoms with Crippen LogP contribution >= 0.6 is 11.3 Å². The number of hydrogen-bond donors (Lipinski definition) is 1. The van der Waals surface area contributed by atoms with Gasteiger partial charge >= 0.3 is 0 Å². The van der Waals surface area contributed by atoms with E-state index >= 15 is 0 Å². The van der Waals surface area contributed by atoms with Crippen molar-refractivity contribution in [1.29, 1.82) is 0 Å². The van der Waals surface area contributed by atoms with Crippen LogP contribution in [0.3, 0.4) is 0 Å². The van der Waals surface area contributed by atoms with Crippen molar-refractivity contribution in [3.8, 4) is 0 Å². The van der Waals surface area contributed by atoms with E-state index in [-0.39, 0.29) is 17.8 Å². The molecule has 1 aromatic heterocycles. The van der Waals surface area contributed by atoms with E-state index in [0.29, 0.717) is 19.8 Å². The maximum atomic E-state index is 13.7. The average Bonchev–Trinajstić information content (AvgIpc) is 3.06. The van der Waals surface area contributed by atoms with Gasteiger partial charge in [-0.15, -0.1) is 11.3 Å². The number of rotatable bonds is 6. The lowest BCUT2D eigenvalue weighted by atomic mass is 10.0. The number of aryl methyl sites for hydroxylation is 1. The van der Waals surface area contributed by atoms with E-state index in [9.17, 15) is 9.18 Å². The Kier molecular flexibility index (Phi) is 6.49. The fourth-order valence-electron chi connectivity index (χ4n) is 2.93. The number of benzene rings is 1. The molecule has 26 heavy (non-hydrogen) atoms. The van der Waals surface area contributed by atoms with Crippen LogP contribution in [0.4, 0.5) is 4.39 Å². The monoisotopic (exact) mass is 375 g/mol. The summed E-state index contributed by atoms with van der Waals surface area (Å²) in [5.41, 5.74) is 1.63. The van der Waals surface area contributed by atoms with Crippen molar-refractivity contribution in [2.45, 2.75) is 13.0 Å². The first-order chi connectivity index (χ1) is 12.6. The number of aromatic nitrogens is 1. The van der Waals surface area contributed by atoms with Gasteiger partial charge in [-0.05, 0) is 30.7 Å². The minimum absolute atomic E-state index is 0.0894. The van der Waals surface area contributed by atoms with Gasteiger partial charge in [0.05, 0.1) is 30.0 Å². The van der Waals surface area contributed by atoms with Crippen LogP contribution in [-0.4, -0.2) is 48.6 Å². The predicted molar refractivity (Wildman–Crippen MR) is 100 cm³/mol. The van der Waals surface area contributed by atoms with Gasteiger partial charge in [0, 0.05) is 31.1 Å². The van der Waals surface area contributed by atoms with Gasteiger partial charge in [0.1, 0.15) is 5.82 Å². The van der Waals surface area contributed by atoms with E-state index in [4.69, 9.17) is 4.74 Å². The molecule has 0 aliphatic carbocycles. The molecule has 1 amide bonds. The summed E-state index contributed by atoms with van der Waals surface area (Å²) in [7, 11) is 0. The molecule has 2 heterocycles. The molecule has 1 aromatic carbocycles. The van der Waals surface area contributed by atoms with Gasteiger partial charge in [-0.25, -0.2) is 9.37 Å². The predicted octanol–water partition coefficient (Wildman–Crippen LogP) is 2.79. The molecule has 0 bridgehead atoms. The zero-order chi connectivity index (χ0) is 18.4. The summed E-state index contributed by atoms with van der Waals surface area (Å²) < 4.78 is 19.1. The van der Waals surface area contributed by atoms with Gasteiger partial charge < -0.3 is 10.1 Å². The summed E-state index contributed by atoms with van der Waals surface area (Å²) in [5, 5.41) is 5.79. The summed E-state index contributed by atoms with van der Waals surface area (Å²) in [6.45, 7) is 5.12. The molecule has 0 radical (unpaired) electrons. The average molecular weight is 375 g/mol. The van der Waals surface area contributed by atoms with Crippen LogP contribution in [0.15, 0.2) is 35.7 Å². The molecule has 1 saturated heterocycles. The van der Waals surface area contributed by atoms with Crippen LogP contribution in [0.2, 0.25) is 0 Å². The molecular formula is C19H22FN3O2S. The molecule has 0 spiro atoms. The molecule has 0 saturated carbocycles. The Bertz CT molecular complexity index is 772. The Balaban J connectivity index is 1.65. The van der Waals surface area contributed by atoms with Gasteiger partial charge in [0.15, 0.2) is 0 Å². The summed E-state index contributed by atoms with van der Waals surface area (Å²) in [6.07, 6.45) is 3.18. The molecule has 1 unspecified atom stereocenters. The standard InChI is InChI=1S/C19H22FN3O2S/c1-14-22-17(13-26-14)5-6-19(24)21-12-18(23-7-9-25-10-8-23)15-3-2-4-16(20)11-15/h2-6,11,13,18H,7-10,12H2,1H3,(H,21,24)/b6-5+. The zero-order valence-corrected chi connectivity index (χ0v) is 15.5. The maximum Gasteiger partial charge on any atom is 0.244 e. The first kappa shape index (κ1) is 18.7. The molecular weight excluding hydrogens is 353 g/mol. The van der Waals surface area contributed by atoms with E-state index in [1.807, 2.05) is 18.4 Å². The van der Waals surface area contributed by atoms with E-state index < -0.39 is 0 Å². The first-order valence-corrected chi connectivity index (χ1v) is 9.45. The SMILES string of the molecule is Cc1nc(/C=C/C(=O)NCC(c2cccc(F)c2)N2CCOCC2)cs1. The number of halogens is 1. The third-order valence-corrected chi connectivity index (χ3v) is 5.02. The Labute approximate surface area is 156 Å². The highest BCUT2D eigenvalue weighted by molar-refractivity contribution is 7.09. The van der Waals surface area contributed by atoms with Crippen LogP contribution < -0.4 is 5.32 Å². The Hall–Kier alpha value is -2.09. The lowest BCUT2D eigenvalue weighted by Gasteiger charge is -2.34. The summed E-state index contributed by atoms with van der Waals surface area (Å²) in [5.74, 6) is -0.462. The smallest absolute Gasteiger partial charge is 0.244 e. The Morgan fingerprint density at radius 3 is 2.96 bits per heavy atom. The van der Waals surface area contributed by atoms with Crippen LogP contribution in [-0.2, 0) is 9.53 Å². The number of hydrogen-bond acceptors (Lipinski definition) is 5. The molecule has 1 aliphatic rings. The topological polar surface area (TPSA) is 54.5 Å². The molecule has 1 fully saturated rings. The fraction of sp³-hybridized carbons (Fsp3) is 0.368. The summed E-state index contributed by atoms with van der Waals surface area (Å²) >= 11 is 1.54. The van der Waals surface area contributed by atoms with Crippen molar-refractivity contribution in [2.24, 2.45) is 0 Å². The second-order valence-electron chi connectivity index (χ2n) is 6.09. The van der Waals surface area contributed by atoms with E-state index in [1.54, 1.807) is 23.5 Å². The molecule has 7 heteroatoms. The number of ether oxygens (including phenoxy) is 1. The van der Waals surface area contributed by atoms with E-state index in [2.05, 4.69) is 15.2 Å². The normalized spacial score (nSPS) is 16.7. The maximum absolute atomic E-state index is 13.7. The van der Waals surface area contributed by atoms with Crippen LogP contribution in [0, 0.1) is 12.7 Å². The van der Waals surface area contributed by atoms with E-state index in [1.165, 1.54) is 18.2 Å². The second-order valence-corrected chi connectivity index (χ2v) is 7.15. The zero-order valence-electron chi connectivity index (χ0n) is 14.7. The van der Waals surface area contributed by atoms with Gasteiger partial charge in [0.25, 0.3) is 0 Å². The number of carbonyl (C=O) groups excluding carboxylic acids is 1. The lowest BCUT2D eigenvalue weighted by molar-refractivity contribution is -0.116. The number of nitrogens with zero attached hydrogens (tertiary/aromatic N) is 2. The number of nitrogens with one attached hydrogen (secondary N) is 1. The van der Waals surface area contributed by atoms with Crippen molar-refractivity contribution in [3.05, 3.63) is 57.8 Å². The lowest BCUT2D eigenvalue weighted by Crippen LogP contribution is -2.43. The van der Waals surface area contributed by atoms with Gasteiger partial charge in [-0.1, -0.05) is 12.1 Å². The van der Waals surface area contributed by atoms with Crippen LogP contribution in [0.5, 0.6) is 0 Å². The third kappa shape index (κ3) is 5.20. The summed E-state index contributed by atoms with van der Waals surface area (Å²) in [4.78, 5) is 18.7. The number of amides is 1. The highest BCUT2D eigenvalue weighted by atomic mass is 32.1. The molecule has 5 nitrogen and oxygen atoms in total. The molecule has 2 aromatic rings. The largest absolute Gasteiger partial charge is 0.379 e. The highest BCUT2D eigenvalue weighted by Crippen LogP contribution is 2.22. The highest BCUT2D eigenvalue weighted by Gasteiger charge is 2.23. The van der Waals surface area contributed by atoms with Crippen LogP contribution in [0.1, 0.15) is 22.3 Å². The van der Waals surface area contributed by atoms with Crippen molar-refractivity contribution in [3.63, 3.8) is 0 Å². The molecule has 1 aliphatic heterocycles. The molecule has 3 rings (SSSR count). The Morgan fingerprint density at radius 1 is 1.46 bits per heavy atom. The molecule has 138 valence electrons. The van der Waals surface area contributed by atoms with E-state index in [0.717, 1.165) is 29.4 Å². The van der Waals surface area contributed by atoms with Gasteiger partial charge in [0.2, 0.25) is 5.91 Å². The van der Waals surface area contributed by atoms with Crippen molar-refractivity contribution < 1.29 is 13.9 Å². The fourth-order valence-corrected chi connectivity index (χ4v) is 3.52. The minimum Gasteiger partial charge on any atom is -0.379 e. The first-order valence-electron chi connectivity index (χ1n) is 8.57. The number of thiazole rings is 1. The van der Waals surface area contributed by atoms with Crippen LogP contribution in [0.25, 0.3) is 6.08 Å². The third-order valence-electron chi connectivity index (χ3n) is 4.23. The molecule has 1 atom stereocenters. The summed E-state index contributed by atoms with van der Waals surface area (Å²) in [6, 6.07) is 6.46. The minimum atomic E-state index is -0.272. The number of carbonyl (C=O) groups is 1. The molecule has 1 N–H and O–H groups in total. The van der Waals surface area contributed by atoms with Gasteiger partial charge in [-0.2, -0.15) is 0 Å². The van der Waals surface area contributed by atoms with Crippen molar-refractivity contribution >= 4 is 23.3 Å². The quantitative estimate of drug-likeness (QED) is 0.789. The number of morpholine rings is 1. The van der Waals surface area contributed by atoms with Crippen molar-refractivity contribution in [2.75, 3.05) is 32.8 Å². The Morgan fingerprint density at radius 2 is 2.27 bits per heavy atom. The van der Waals surface area contributed by atoms with Gasteiger partial charge in [-0.3, -0.25) is 9.69 Å². The van der Waals surface area contributed by atoms with Crippen molar-refractivity contribution in [1.82, 2.24) is 15.2 Å². The second kappa shape index (κ2) is 9.02.